The Morgan fingerprint density at radius 2 is 1.82 bits per heavy atom. The van der Waals surface area contributed by atoms with Crippen LogP contribution in [0.3, 0.4) is 0 Å². The van der Waals surface area contributed by atoms with Gasteiger partial charge in [-0.15, -0.1) is 0 Å². The van der Waals surface area contributed by atoms with E-state index in [0.29, 0.717) is 28.7 Å². The molecule has 0 aromatic carbocycles. The van der Waals surface area contributed by atoms with Crippen molar-refractivity contribution in [2.24, 2.45) is 0 Å². The van der Waals surface area contributed by atoms with Gasteiger partial charge in [0.05, 0.1) is 29.5 Å². The summed E-state index contributed by atoms with van der Waals surface area (Å²) >= 11 is 0. The Kier molecular flexibility index (Phi) is 8.05. The SMILES string of the molecule is CN(C(=O)OC(C)(C)C)C1CCCCC1N(C)c1ccc(C#N)c(Nc2cncc(-c3ncccn3)c2)n1. The molecule has 0 spiro atoms. The third-order valence-electron chi connectivity index (χ3n) is 6.56. The molecule has 1 amide bonds. The third kappa shape index (κ3) is 6.35. The predicted molar refractivity (Wildman–Crippen MR) is 146 cm³/mol. The second kappa shape index (κ2) is 11.4. The first kappa shape index (κ1) is 26.8. The average Bonchev–Trinajstić information content (AvgIpc) is 2.92. The molecule has 2 atom stereocenters. The molecule has 10 nitrogen and oxygen atoms in total. The summed E-state index contributed by atoms with van der Waals surface area (Å²) in [6.07, 6.45) is 10.3. The van der Waals surface area contributed by atoms with Gasteiger partial charge in [-0.05, 0) is 57.9 Å². The fourth-order valence-electron chi connectivity index (χ4n) is 4.68. The van der Waals surface area contributed by atoms with Gasteiger partial charge in [-0.25, -0.2) is 19.7 Å². The number of anilines is 3. The number of ether oxygens (including phenoxy) is 1. The summed E-state index contributed by atoms with van der Waals surface area (Å²) in [6.45, 7) is 5.61. The van der Waals surface area contributed by atoms with Gasteiger partial charge < -0.3 is 19.9 Å². The zero-order valence-corrected chi connectivity index (χ0v) is 22.5. The van der Waals surface area contributed by atoms with Crippen molar-refractivity contribution in [1.29, 1.82) is 5.26 Å². The maximum atomic E-state index is 12.8. The van der Waals surface area contributed by atoms with Gasteiger partial charge in [-0.2, -0.15) is 5.26 Å². The Labute approximate surface area is 223 Å². The Morgan fingerprint density at radius 3 is 2.50 bits per heavy atom. The summed E-state index contributed by atoms with van der Waals surface area (Å²) in [5, 5.41) is 13.0. The molecule has 1 fully saturated rings. The van der Waals surface area contributed by atoms with Crippen molar-refractivity contribution in [3.63, 3.8) is 0 Å². The summed E-state index contributed by atoms with van der Waals surface area (Å²) < 4.78 is 5.64. The van der Waals surface area contributed by atoms with Crippen molar-refractivity contribution in [3.8, 4) is 17.5 Å². The number of hydrogen-bond donors (Lipinski definition) is 1. The maximum Gasteiger partial charge on any atom is 0.410 e. The van der Waals surface area contributed by atoms with Gasteiger partial charge in [0.2, 0.25) is 0 Å². The van der Waals surface area contributed by atoms with E-state index in [2.05, 4.69) is 31.2 Å². The number of amides is 1. The van der Waals surface area contributed by atoms with Crippen LogP contribution >= 0.6 is 0 Å². The molecule has 1 saturated carbocycles. The maximum absolute atomic E-state index is 12.8. The molecule has 0 radical (unpaired) electrons. The van der Waals surface area contributed by atoms with Crippen LogP contribution in [-0.2, 0) is 4.74 Å². The normalized spacial score (nSPS) is 17.3. The number of rotatable bonds is 6. The highest BCUT2D eigenvalue weighted by Crippen LogP contribution is 2.31. The Balaban J connectivity index is 1.58. The van der Waals surface area contributed by atoms with Crippen molar-refractivity contribution in [2.45, 2.75) is 64.1 Å². The summed E-state index contributed by atoms with van der Waals surface area (Å²) in [5.74, 6) is 1.69. The topological polar surface area (TPSA) is 120 Å². The second-order valence-corrected chi connectivity index (χ2v) is 10.5. The van der Waals surface area contributed by atoms with E-state index in [1.807, 2.05) is 40.0 Å². The minimum absolute atomic E-state index is 0.0239. The van der Waals surface area contributed by atoms with Crippen LogP contribution in [0.1, 0.15) is 52.0 Å². The molecule has 2 unspecified atom stereocenters. The van der Waals surface area contributed by atoms with Crippen molar-refractivity contribution in [3.05, 3.63) is 54.6 Å². The average molecular weight is 515 g/mol. The minimum atomic E-state index is -0.560. The van der Waals surface area contributed by atoms with E-state index in [1.165, 1.54) is 0 Å². The van der Waals surface area contributed by atoms with Gasteiger partial charge in [-0.1, -0.05) is 12.8 Å². The zero-order valence-electron chi connectivity index (χ0n) is 22.5. The number of aromatic nitrogens is 4. The lowest BCUT2D eigenvalue weighted by molar-refractivity contribution is 0.0165. The first-order valence-electron chi connectivity index (χ1n) is 12.8. The summed E-state index contributed by atoms with van der Waals surface area (Å²) in [6, 6.07) is 9.47. The molecule has 3 heterocycles. The highest BCUT2D eigenvalue weighted by molar-refractivity contribution is 5.69. The lowest BCUT2D eigenvalue weighted by atomic mass is 9.88. The van der Waals surface area contributed by atoms with E-state index in [0.717, 1.165) is 31.2 Å². The predicted octanol–water partition coefficient (Wildman–Crippen LogP) is 5.16. The fourth-order valence-corrected chi connectivity index (χ4v) is 4.68. The first-order chi connectivity index (χ1) is 18.2. The van der Waals surface area contributed by atoms with Gasteiger partial charge in [0.15, 0.2) is 11.6 Å². The molecule has 10 heteroatoms. The van der Waals surface area contributed by atoms with Crippen LogP contribution in [0.15, 0.2) is 49.1 Å². The molecule has 4 rings (SSSR count). The monoisotopic (exact) mass is 514 g/mol. The van der Waals surface area contributed by atoms with Crippen molar-refractivity contribution < 1.29 is 9.53 Å². The van der Waals surface area contributed by atoms with E-state index < -0.39 is 5.60 Å². The molecule has 3 aromatic heterocycles. The van der Waals surface area contributed by atoms with Crippen LogP contribution in [-0.4, -0.2) is 62.7 Å². The van der Waals surface area contributed by atoms with E-state index in [1.54, 1.807) is 48.9 Å². The number of nitrogens with zero attached hydrogens (tertiary/aromatic N) is 7. The van der Waals surface area contributed by atoms with Gasteiger partial charge in [0.25, 0.3) is 0 Å². The molecule has 0 bridgehead atoms. The van der Waals surface area contributed by atoms with E-state index in [-0.39, 0.29) is 18.2 Å². The Hall–Kier alpha value is -4.26. The number of pyridine rings is 2. The van der Waals surface area contributed by atoms with E-state index in [9.17, 15) is 10.1 Å². The molecule has 0 aliphatic heterocycles. The van der Waals surface area contributed by atoms with Crippen molar-refractivity contribution in [2.75, 3.05) is 24.3 Å². The van der Waals surface area contributed by atoms with Crippen molar-refractivity contribution in [1.82, 2.24) is 24.8 Å². The molecule has 0 saturated heterocycles. The highest BCUT2D eigenvalue weighted by Gasteiger charge is 2.35. The zero-order chi connectivity index (χ0) is 27.3. The molecule has 1 N–H and O–H groups in total. The Morgan fingerprint density at radius 1 is 1.11 bits per heavy atom. The smallest absolute Gasteiger partial charge is 0.410 e. The van der Waals surface area contributed by atoms with Crippen molar-refractivity contribution >= 4 is 23.4 Å². The lowest BCUT2D eigenvalue weighted by Crippen LogP contribution is -2.54. The van der Waals surface area contributed by atoms with Crippen LogP contribution in [0.5, 0.6) is 0 Å². The number of carbonyl (C=O) groups excluding carboxylic acids is 1. The van der Waals surface area contributed by atoms with Gasteiger partial charge in [-0.3, -0.25) is 4.98 Å². The van der Waals surface area contributed by atoms with Crippen LogP contribution in [0.25, 0.3) is 11.4 Å². The molecule has 1 aliphatic carbocycles. The lowest BCUT2D eigenvalue weighted by Gasteiger charge is -2.43. The highest BCUT2D eigenvalue weighted by atomic mass is 16.6. The van der Waals surface area contributed by atoms with Crippen LogP contribution < -0.4 is 10.2 Å². The van der Waals surface area contributed by atoms with Gasteiger partial charge in [0, 0.05) is 38.2 Å². The number of nitrogens with one attached hydrogen (secondary N) is 1. The number of nitriles is 1. The number of carbonyl (C=O) groups is 1. The molecular formula is C28H34N8O2. The quantitative estimate of drug-likeness (QED) is 0.475. The summed E-state index contributed by atoms with van der Waals surface area (Å²) in [4.78, 5) is 34.3. The molecule has 198 valence electrons. The van der Waals surface area contributed by atoms with Crippen LogP contribution in [0.4, 0.5) is 22.1 Å². The minimum Gasteiger partial charge on any atom is -0.444 e. The fraction of sp³-hybridized carbons (Fsp3) is 0.429. The van der Waals surface area contributed by atoms with E-state index in [4.69, 9.17) is 9.72 Å². The third-order valence-corrected chi connectivity index (χ3v) is 6.56. The van der Waals surface area contributed by atoms with Gasteiger partial charge >= 0.3 is 6.09 Å². The standard InChI is InChI=1S/C28H34N8O2/c1-28(2,3)38-27(37)36(5)23-10-7-6-9-22(23)35(4)24-12-11-19(16-29)26(34-24)33-21-15-20(17-30-18-21)25-31-13-8-14-32-25/h8,11-15,17-18,22-23H,6-7,9-10H2,1-5H3,(H,33,34). The number of likely N-dealkylation sites (N-methyl/N-ethyl adjacent to an activating group) is 2. The number of hydrogen-bond acceptors (Lipinski definition) is 9. The molecule has 38 heavy (non-hydrogen) atoms. The first-order valence-corrected chi connectivity index (χ1v) is 12.8. The van der Waals surface area contributed by atoms with E-state index >= 15 is 0 Å². The van der Waals surface area contributed by atoms with Gasteiger partial charge in [0.1, 0.15) is 17.5 Å². The molecular weight excluding hydrogens is 480 g/mol. The Bertz CT molecular complexity index is 1300. The van der Waals surface area contributed by atoms with Crippen LogP contribution in [0, 0.1) is 11.3 Å². The molecule has 3 aromatic rings. The summed E-state index contributed by atoms with van der Waals surface area (Å²) in [5.41, 5.74) is 1.27. The largest absolute Gasteiger partial charge is 0.444 e. The second-order valence-electron chi connectivity index (χ2n) is 10.5. The molecule has 1 aliphatic rings. The summed E-state index contributed by atoms with van der Waals surface area (Å²) in [7, 11) is 3.79. The van der Waals surface area contributed by atoms with Crippen LogP contribution in [0.2, 0.25) is 0 Å².